The normalized spacial score (nSPS) is 24.0. The third kappa shape index (κ3) is 3.53. The summed E-state index contributed by atoms with van der Waals surface area (Å²) in [7, 11) is 0. The number of aryl methyl sites for hydroxylation is 2. The number of hydrogen-bond acceptors (Lipinski definition) is 4. The third-order valence-electron chi connectivity index (χ3n) is 5.05. The lowest BCUT2D eigenvalue weighted by Gasteiger charge is -2.18. The molecule has 23 heavy (non-hydrogen) atoms. The first-order chi connectivity index (χ1) is 11.4. The molecule has 0 saturated carbocycles. The summed E-state index contributed by atoms with van der Waals surface area (Å²) in [5, 5.41) is 4.14. The second-order valence-electron chi connectivity index (χ2n) is 6.75. The van der Waals surface area contributed by atoms with Gasteiger partial charge in [-0.05, 0) is 36.7 Å². The molecule has 2 aliphatic rings. The molecule has 0 spiro atoms. The Labute approximate surface area is 137 Å². The molecule has 2 atom stereocenters. The average Bonchev–Trinajstić information content (AvgIpc) is 3.20. The quantitative estimate of drug-likeness (QED) is 0.795. The van der Waals surface area contributed by atoms with Crippen molar-refractivity contribution in [3.63, 3.8) is 0 Å². The second-order valence-corrected chi connectivity index (χ2v) is 6.75. The predicted molar refractivity (Wildman–Crippen MR) is 88.8 cm³/mol. The molecule has 2 aromatic rings. The summed E-state index contributed by atoms with van der Waals surface area (Å²) in [6.45, 7) is 3.12. The molecule has 120 valence electrons. The van der Waals surface area contributed by atoms with Crippen LogP contribution in [-0.2, 0) is 19.4 Å². The lowest BCUT2D eigenvalue weighted by atomic mass is 9.86. The smallest absolute Gasteiger partial charge is 0.240 e. The molecule has 1 saturated heterocycles. The van der Waals surface area contributed by atoms with Crippen LogP contribution in [0.15, 0.2) is 47.0 Å². The van der Waals surface area contributed by atoms with Crippen molar-refractivity contribution in [2.24, 2.45) is 11.8 Å². The molecule has 0 N–H and O–H groups in total. The van der Waals surface area contributed by atoms with E-state index in [0.29, 0.717) is 0 Å². The van der Waals surface area contributed by atoms with Crippen molar-refractivity contribution < 1.29 is 4.52 Å². The van der Waals surface area contributed by atoms with E-state index in [0.717, 1.165) is 56.0 Å². The van der Waals surface area contributed by atoms with E-state index >= 15 is 0 Å². The maximum Gasteiger partial charge on any atom is 0.240 e. The highest BCUT2D eigenvalue weighted by molar-refractivity contribution is 5.15. The molecule has 0 radical (unpaired) electrons. The molecular weight excluding hydrogens is 286 g/mol. The van der Waals surface area contributed by atoms with Crippen LogP contribution in [-0.4, -0.2) is 28.1 Å². The van der Waals surface area contributed by atoms with Gasteiger partial charge in [0, 0.05) is 19.5 Å². The fraction of sp³-hybridized carbons (Fsp3) is 0.474. The molecule has 4 nitrogen and oxygen atoms in total. The highest BCUT2D eigenvalue weighted by atomic mass is 16.5. The topological polar surface area (TPSA) is 42.2 Å². The number of nitrogens with zero attached hydrogens (tertiary/aromatic N) is 3. The van der Waals surface area contributed by atoms with Crippen molar-refractivity contribution >= 4 is 0 Å². The zero-order chi connectivity index (χ0) is 15.5. The first-order valence-corrected chi connectivity index (χ1v) is 8.59. The molecule has 1 fully saturated rings. The van der Waals surface area contributed by atoms with Crippen molar-refractivity contribution in [2.75, 3.05) is 13.1 Å². The lowest BCUT2D eigenvalue weighted by Crippen LogP contribution is -2.20. The predicted octanol–water partition coefficient (Wildman–Crippen LogP) is 3.25. The molecule has 4 heteroatoms. The van der Waals surface area contributed by atoms with Gasteiger partial charge in [0.05, 0.1) is 6.54 Å². The van der Waals surface area contributed by atoms with Gasteiger partial charge in [0.2, 0.25) is 5.89 Å². The summed E-state index contributed by atoms with van der Waals surface area (Å²) in [6.07, 6.45) is 8.92. The van der Waals surface area contributed by atoms with Crippen molar-refractivity contribution in [1.29, 1.82) is 0 Å². The highest BCUT2D eigenvalue weighted by Crippen LogP contribution is 2.33. The Hall–Kier alpha value is -1.94. The molecule has 1 aromatic carbocycles. The number of likely N-dealkylation sites (tertiary alicyclic amines) is 1. The van der Waals surface area contributed by atoms with Gasteiger partial charge in [-0.25, -0.2) is 0 Å². The zero-order valence-corrected chi connectivity index (χ0v) is 13.4. The lowest BCUT2D eigenvalue weighted by molar-refractivity contribution is 0.257. The molecule has 0 bridgehead atoms. The fourth-order valence-electron chi connectivity index (χ4n) is 3.79. The Morgan fingerprint density at radius 1 is 1.00 bits per heavy atom. The molecule has 1 aliphatic heterocycles. The van der Waals surface area contributed by atoms with Gasteiger partial charge in [0.25, 0.3) is 0 Å². The first-order valence-electron chi connectivity index (χ1n) is 8.59. The number of rotatable bonds is 5. The van der Waals surface area contributed by atoms with Crippen LogP contribution < -0.4 is 0 Å². The van der Waals surface area contributed by atoms with Crippen LogP contribution in [0.1, 0.15) is 30.1 Å². The van der Waals surface area contributed by atoms with E-state index in [1.54, 1.807) is 0 Å². The van der Waals surface area contributed by atoms with Crippen molar-refractivity contribution in [1.82, 2.24) is 15.0 Å². The maximum atomic E-state index is 5.45. The monoisotopic (exact) mass is 309 g/mol. The maximum absolute atomic E-state index is 5.45. The molecule has 1 aromatic heterocycles. The van der Waals surface area contributed by atoms with Crippen LogP contribution in [0.5, 0.6) is 0 Å². The van der Waals surface area contributed by atoms with E-state index in [1.165, 1.54) is 18.4 Å². The minimum atomic E-state index is 0.764. The Bertz CT molecular complexity index is 648. The summed E-state index contributed by atoms with van der Waals surface area (Å²) in [5.41, 5.74) is 1.31. The highest BCUT2D eigenvalue weighted by Gasteiger charge is 2.33. The second kappa shape index (κ2) is 6.67. The number of fused-ring (bicyclic) bond motifs is 1. The Balaban J connectivity index is 1.30. The van der Waals surface area contributed by atoms with E-state index < -0.39 is 0 Å². The van der Waals surface area contributed by atoms with E-state index in [-0.39, 0.29) is 0 Å². The molecule has 0 amide bonds. The molecular formula is C19H23N3O. The molecule has 4 rings (SSSR count). The summed E-state index contributed by atoms with van der Waals surface area (Å²) < 4.78 is 5.45. The van der Waals surface area contributed by atoms with Crippen molar-refractivity contribution in [3.8, 4) is 0 Å². The number of allylic oxidation sites excluding steroid dienone is 2. The minimum absolute atomic E-state index is 0.764. The largest absolute Gasteiger partial charge is 0.338 e. The van der Waals surface area contributed by atoms with E-state index in [4.69, 9.17) is 4.52 Å². The van der Waals surface area contributed by atoms with Gasteiger partial charge in [0.15, 0.2) is 5.82 Å². The molecule has 1 aliphatic carbocycles. The third-order valence-corrected chi connectivity index (χ3v) is 5.05. The SMILES string of the molecule is C1=CC[C@H]2CN(Cc3nc(CCc4ccccc4)no3)C[C@@H]2C1. The zero-order valence-electron chi connectivity index (χ0n) is 13.4. The first kappa shape index (κ1) is 14.6. The standard InChI is InChI=1S/C19H23N3O/c1-2-6-15(7-3-1)10-11-18-20-19(23-21-18)14-22-12-16-8-4-5-9-17(16)13-22/h1-7,16-17H,8-14H2/t16-,17-/m0/s1. The number of benzene rings is 1. The van der Waals surface area contributed by atoms with Gasteiger partial charge < -0.3 is 4.52 Å². The average molecular weight is 309 g/mol. The Morgan fingerprint density at radius 3 is 2.48 bits per heavy atom. The van der Waals surface area contributed by atoms with Gasteiger partial charge >= 0.3 is 0 Å². The number of aromatic nitrogens is 2. The fourth-order valence-corrected chi connectivity index (χ4v) is 3.79. The molecule has 2 heterocycles. The van der Waals surface area contributed by atoms with Gasteiger partial charge in [-0.2, -0.15) is 4.98 Å². The van der Waals surface area contributed by atoms with E-state index in [1.807, 2.05) is 6.07 Å². The summed E-state index contributed by atoms with van der Waals surface area (Å²) in [5.74, 6) is 3.22. The van der Waals surface area contributed by atoms with Crippen LogP contribution in [0, 0.1) is 11.8 Å². The van der Waals surface area contributed by atoms with Gasteiger partial charge in [-0.3, -0.25) is 4.90 Å². The molecule has 0 unspecified atom stereocenters. The van der Waals surface area contributed by atoms with Crippen LogP contribution in [0.2, 0.25) is 0 Å². The van der Waals surface area contributed by atoms with Crippen LogP contribution in [0.3, 0.4) is 0 Å². The van der Waals surface area contributed by atoms with Gasteiger partial charge in [-0.15, -0.1) is 0 Å². The Morgan fingerprint density at radius 2 is 1.74 bits per heavy atom. The summed E-state index contributed by atoms with van der Waals surface area (Å²) in [4.78, 5) is 7.04. The van der Waals surface area contributed by atoms with Crippen LogP contribution >= 0.6 is 0 Å². The van der Waals surface area contributed by atoms with Crippen LogP contribution in [0.25, 0.3) is 0 Å². The summed E-state index contributed by atoms with van der Waals surface area (Å²) >= 11 is 0. The summed E-state index contributed by atoms with van der Waals surface area (Å²) in [6, 6.07) is 10.5. The van der Waals surface area contributed by atoms with Crippen molar-refractivity contribution in [2.45, 2.75) is 32.2 Å². The number of hydrogen-bond donors (Lipinski definition) is 0. The van der Waals surface area contributed by atoms with E-state index in [2.05, 4.69) is 51.5 Å². The Kier molecular flexibility index (Phi) is 4.24. The van der Waals surface area contributed by atoms with Gasteiger partial charge in [-0.1, -0.05) is 47.6 Å². The minimum Gasteiger partial charge on any atom is -0.338 e. The van der Waals surface area contributed by atoms with E-state index in [9.17, 15) is 0 Å². The van der Waals surface area contributed by atoms with Gasteiger partial charge in [0.1, 0.15) is 0 Å². The van der Waals surface area contributed by atoms with Crippen molar-refractivity contribution in [3.05, 3.63) is 59.8 Å². The van der Waals surface area contributed by atoms with Crippen LogP contribution in [0.4, 0.5) is 0 Å².